The summed E-state index contributed by atoms with van der Waals surface area (Å²) in [6.07, 6.45) is 1.31. The van der Waals surface area contributed by atoms with Gasteiger partial charge in [-0.3, -0.25) is 9.59 Å². The Bertz CT molecular complexity index is 1050. The second kappa shape index (κ2) is 9.38. The van der Waals surface area contributed by atoms with Gasteiger partial charge in [-0.25, -0.2) is 0 Å². The molecule has 150 valence electrons. The van der Waals surface area contributed by atoms with Gasteiger partial charge < -0.3 is 11.2 Å². The fourth-order valence-corrected chi connectivity index (χ4v) is 3.33. The van der Waals surface area contributed by atoms with Crippen LogP contribution in [0.25, 0.3) is 0 Å². The van der Waals surface area contributed by atoms with E-state index in [1.807, 2.05) is 55.5 Å². The molecule has 0 atom stereocenters. The zero-order chi connectivity index (χ0) is 20.8. The number of amides is 1. The minimum absolute atomic E-state index is 0.0665. The number of nitrogens with one attached hydrogen (secondary N) is 1. The second-order valence-corrected chi connectivity index (χ2v) is 7.60. The first-order valence-corrected chi connectivity index (χ1v) is 10.3. The number of nitrogen functional groups attached to an aromatic ring is 1. The first-order chi connectivity index (χ1) is 14.0. The van der Waals surface area contributed by atoms with Crippen molar-refractivity contribution in [2.24, 2.45) is 0 Å². The van der Waals surface area contributed by atoms with Gasteiger partial charge in [0.05, 0.1) is 5.75 Å². The summed E-state index contributed by atoms with van der Waals surface area (Å²) in [5.74, 6) is 5.74. The van der Waals surface area contributed by atoms with E-state index in [-0.39, 0.29) is 22.5 Å². The molecule has 29 heavy (non-hydrogen) atoms. The Morgan fingerprint density at radius 1 is 1.07 bits per heavy atom. The smallest absolute Gasteiger partial charge is 0.294 e. The van der Waals surface area contributed by atoms with Crippen LogP contribution < -0.4 is 16.7 Å². The molecule has 3 aromatic rings. The van der Waals surface area contributed by atoms with Crippen molar-refractivity contribution in [3.63, 3.8) is 0 Å². The quantitative estimate of drug-likeness (QED) is 0.459. The molecule has 0 saturated carbocycles. The fraction of sp³-hybridized carbons (Fsp3) is 0.238. The molecular weight excluding hydrogens is 386 g/mol. The number of aromatic nitrogens is 3. The number of hydrogen-bond acceptors (Lipinski definition) is 6. The Balaban J connectivity index is 1.63. The molecule has 0 aliphatic heterocycles. The molecule has 0 radical (unpaired) electrons. The van der Waals surface area contributed by atoms with Gasteiger partial charge in [-0.05, 0) is 36.6 Å². The highest BCUT2D eigenvalue weighted by Crippen LogP contribution is 2.14. The van der Waals surface area contributed by atoms with Crippen molar-refractivity contribution >= 4 is 23.4 Å². The van der Waals surface area contributed by atoms with Crippen LogP contribution in [-0.4, -0.2) is 26.5 Å². The van der Waals surface area contributed by atoms with E-state index in [4.69, 9.17) is 5.84 Å². The van der Waals surface area contributed by atoms with Gasteiger partial charge in [-0.1, -0.05) is 60.6 Å². The molecule has 0 saturated heterocycles. The number of benzene rings is 2. The molecule has 2 aromatic carbocycles. The SMILES string of the molecule is CCc1ccc(Cc2nnc(SCC(=O)Nc3ccc(C)cc3)n(N)c2=O)cc1. The third-order valence-corrected chi connectivity index (χ3v) is 5.34. The second-order valence-electron chi connectivity index (χ2n) is 6.65. The number of nitrogens with two attached hydrogens (primary N) is 1. The number of nitrogens with zero attached hydrogens (tertiary/aromatic N) is 3. The summed E-state index contributed by atoms with van der Waals surface area (Å²) in [7, 11) is 0. The van der Waals surface area contributed by atoms with Crippen LogP contribution in [0.2, 0.25) is 0 Å². The van der Waals surface area contributed by atoms with E-state index in [0.29, 0.717) is 12.1 Å². The van der Waals surface area contributed by atoms with Crippen LogP contribution in [0.1, 0.15) is 29.3 Å². The third kappa shape index (κ3) is 5.45. The van der Waals surface area contributed by atoms with Crippen molar-refractivity contribution in [1.29, 1.82) is 0 Å². The zero-order valence-electron chi connectivity index (χ0n) is 16.4. The highest BCUT2D eigenvalue weighted by Gasteiger charge is 2.13. The van der Waals surface area contributed by atoms with Gasteiger partial charge in [0, 0.05) is 12.1 Å². The van der Waals surface area contributed by atoms with Gasteiger partial charge in [0.25, 0.3) is 5.56 Å². The number of aryl methyl sites for hydroxylation is 2. The first-order valence-electron chi connectivity index (χ1n) is 9.27. The minimum atomic E-state index is -0.416. The van der Waals surface area contributed by atoms with E-state index in [1.165, 1.54) is 5.56 Å². The van der Waals surface area contributed by atoms with Gasteiger partial charge in [0.15, 0.2) is 0 Å². The van der Waals surface area contributed by atoms with Crippen molar-refractivity contribution in [2.75, 3.05) is 16.9 Å². The molecule has 1 amide bonds. The lowest BCUT2D eigenvalue weighted by atomic mass is 10.1. The van der Waals surface area contributed by atoms with Crippen molar-refractivity contribution < 1.29 is 4.79 Å². The normalized spacial score (nSPS) is 10.7. The van der Waals surface area contributed by atoms with Crippen LogP contribution in [0.3, 0.4) is 0 Å². The van der Waals surface area contributed by atoms with E-state index in [0.717, 1.165) is 34.0 Å². The number of anilines is 1. The number of hydrogen-bond donors (Lipinski definition) is 2. The molecule has 0 bridgehead atoms. The maximum absolute atomic E-state index is 12.5. The summed E-state index contributed by atoms with van der Waals surface area (Å²) < 4.78 is 0.951. The van der Waals surface area contributed by atoms with Crippen molar-refractivity contribution in [3.05, 3.63) is 81.3 Å². The lowest BCUT2D eigenvalue weighted by Gasteiger charge is -2.08. The molecule has 3 N–H and O–H groups in total. The number of carbonyl (C=O) groups excluding carboxylic acids is 1. The summed E-state index contributed by atoms with van der Waals surface area (Å²) >= 11 is 1.06. The van der Waals surface area contributed by atoms with E-state index in [1.54, 1.807) is 0 Å². The van der Waals surface area contributed by atoms with Crippen molar-refractivity contribution in [2.45, 2.75) is 31.8 Å². The minimum Gasteiger partial charge on any atom is -0.334 e. The molecule has 1 heterocycles. The summed E-state index contributed by atoms with van der Waals surface area (Å²) in [4.78, 5) is 24.6. The zero-order valence-corrected chi connectivity index (χ0v) is 17.2. The third-order valence-electron chi connectivity index (χ3n) is 4.40. The van der Waals surface area contributed by atoms with Crippen LogP contribution >= 0.6 is 11.8 Å². The highest BCUT2D eigenvalue weighted by atomic mass is 32.2. The Hall–Kier alpha value is -3.13. The highest BCUT2D eigenvalue weighted by molar-refractivity contribution is 7.99. The van der Waals surface area contributed by atoms with Crippen LogP contribution in [0.4, 0.5) is 5.69 Å². The average Bonchev–Trinajstić information content (AvgIpc) is 2.73. The molecule has 3 rings (SSSR count). The molecule has 1 aromatic heterocycles. The van der Waals surface area contributed by atoms with E-state index in [9.17, 15) is 9.59 Å². The topological polar surface area (TPSA) is 103 Å². The summed E-state index contributed by atoms with van der Waals surface area (Å²) in [5.41, 5.74) is 3.87. The molecule has 0 spiro atoms. The van der Waals surface area contributed by atoms with Crippen molar-refractivity contribution in [1.82, 2.24) is 14.9 Å². The molecule has 0 fully saturated rings. The maximum Gasteiger partial charge on any atom is 0.294 e. The molecule has 0 aliphatic rings. The van der Waals surface area contributed by atoms with E-state index < -0.39 is 5.56 Å². The maximum atomic E-state index is 12.5. The average molecular weight is 410 g/mol. The lowest BCUT2D eigenvalue weighted by Crippen LogP contribution is -2.34. The van der Waals surface area contributed by atoms with Crippen LogP contribution in [0, 0.1) is 6.92 Å². The van der Waals surface area contributed by atoms with Gasteiger partial charge in [-0.15, -0.1) is 10.2 Å². The molecular formula is C21H23N5O2S. The Labute approximate surface area is 173 Å². The fourth-order valence-electron chi connectivity index (χ4n) is 2.68. The van der Waals surface area contributed by atoms with E-state index >= 15 is 0 Å². The van der Waals surface area contributed by atoms with Gasteiger partial charge in [0.1, 0.15) is 5.69 Å². The predicted molar refractivity (Wildman–Crippen MR) is 116 cm³/mol. The van der Waals surface area contributed by atoms with E-state index in [2.05, 4.69) is 22.4 Å². The van der Waals surface area contributed by atoms with Gasteiger partial charge >= 0.3 is 0 Å². The Kier molecular flexibility index (Phi) is 6.66. The summed E-state index contributed by atoms with van der Waals surface area (Å²) in [6, 6.07) is 15.5. The Morgan fingerprint density at radius 3 is 2.38 bits per heavy atom. The molecule has 8 heteroatoms. The van der Waals surface area contributed by atoms with Crippen LogP contribution in [-0.2, 0) is 17.6 Å². The van der Waals surface area contributed by atoms with Gasteiger partial charge in [-0.2, -0.15) is 4.68 Å². The largest absolute Gasteiger partial charge is 0.334 e. The van der Waals surface area contributed by atoms with Crippen LogP contribution in [0.15, 0.2) is 58.5 Å². The van der Waals surface area contributed by atoms with Gasteiger partial charge in [0.2, 0.25) is 11.1 Å². The number of rotatable bonds is 7. The predicted octanol–water partition coefficient (Wildman–Crippen LogP) is 2.54. The van der Waals surface area contributed by atoms with Crippen LogP contribution in [0.5, 0.6) is 0 Å². The molecule has 0 aliphatic carbocycles. The number of carbonyl (C=O) groups is 1. The monoisotopic (exact) mass is 409 g/mol. The number of thioether (sulfide) groups is 1. The molecule has 0 unspecified atom stereocenters. The Morgan fingerprint density at radius 2 is 1.72 bits per heavy atom. The lowest BCUT2D eigenvalue weighted by molar-refractivity contribution is -0.113. The summed E-state index contributed by atoms with van der Waals surface area (Å²) in [6.45, 7) is 4.07. The molecule has 7 nitrogen and oxygen atoms in total. The van der Waals surface area contributed by atoms with Crippen molar-refractivity contribution in [3.8, 4) is 0 Å². The summed E-state index contributed by atoms with van der Waals surface area (Å²) in [5, 5.41) is 11.0. The standard InChI is InChI=1S/C21H23N5O2S/c1-3-15-6-8-16(9-7-15)12-18-20(28)26(22)21(25-24-18)29-13-19(27)23-17-10-4-14(2)5-11-17/h4-11H,3,12-13,22H2,1-2H3,(H,23,27). The first kappa shape index (κ1) is 20.6.